The molecule has 0 N–H and O–H groups in total. The van der Waals surface area contributed by atoms with E-state index in [1.807, 2.05) is 25.1 Å². The van der Waals surface area contributed by atoms with E-state index in [0.717, 1.165) is 35.0 Å². The second-order valence-corrected chi connectivity index (χ2v) is 7.46. The Morgan fingerprint density at radius 1 is 1.30 bits per heavy atom. The van der Waals surface area contributed by atoms with Crippen LogP contribution < -0.4 is 15.0 Å². The van der Waals surface area contributed by atoms with Gasteiger partial charge in [-0.15, -0.1) is 11.3 Å². The summed E-state index contributed by atoms with van der Waals surface area (Å²) in [5.41, 5.74) is 1.88. The highest BCUT2D eigenvalue weighted by Gasteiger charge is 2.19. The van der Waals surface area contributed by atoms with Crippen LogP contribution in [0.5, 0.6) is 11.5 Å². The van der Waals surface area contributed by atoms with Gasteiger partial charge in [0.1, 0.15) is 11.2 Å². The summed E-state index contributed by atoms with van der Waals surface area (Å²) in [5, 5.41) is 5.07. The molecule has 0 unspecified atom stereocenters. The van der Waals surface area contributed by atoms with Gasteiger partial charge in [0.05, 0.1) is 25.3 Å². The number of nitrogens with zero attached hydrogens (tertiary/aromatic N) is 3. The van der Waals surface area contributed by atoms with Crippen LogP contribution in [0.3, 0.4) is 0 Å². The van der Waals surface area contributed by atoms with E-state index < -0.39 is 0 Å². The number of fused-ring (bicyclic) bond motifs is 3. The third-order valence-corrected chi connectivity index (χ3v) is 5.88. The number of aromatic nitrogens is 2. The zero-order valence-corrected chi connectivity index (χ0v) is 16.2. The van der Waals surface area contributed by atoms with Gasteiger partial charge in [-0.05, 0) is 61.9 Å². The normalized spacial score (nSPS) is 13.9. The van der Waals surface area contributed by atoms with Crippen LogP contribution in [0, 0.1) is 0 Å². The summed E-state index contributed by atoms with van der Waals surface area (Å²) >= 11 is 1.64. The van der Waals surface area contributed by atoms with Gasteiger partial charge < -0.3 is 9.47 Å². The van der Waals surface area contributed by atoms with Crippen molar-refractivity contribution in [2.45, 2.75) is 32.6 Å². The van der Waals surface area contributed by atoms with Gasteiger partial charge in [-0.3, -0.25) is 4.79 Å². The predicted molar refractivity (Wildman–Crippen MR) is 108 cm³/mol. The van der Waals surface area contributed by atoms with Crippen molar-refractivity contribution in [2.24, 2.45) is 5.10 Å². The molecule has 1 aromatic carbocycles. The Balaban J connectivity index is 1.69. The van der Waals surface area contributed by atoms with Crippen molar-refractivity contribution in [3.05, 3.63) is 50.9 Å². The van der Waals surface area contributed by atoms with Crippen molar-refractivity contribution >= 4 is 27.8 Å². The van der Waals surface area contributed by atoms with Gasteiger partial charge in [-0.1, -0.05) is 0 Å². The van der Waals surface area contributed by atoms with Gasteiger partial charge in [0.25, 0.3) is 5.56 Å². The van der Waals surface area contributed by atoms with Crippen molar-refractivity contribution in [3.63, 3.8) is 0 Å². The molecule has 2 aromatic heterocycles. The fraction of sp³-hybridized carbons (Fsp3) is 0.350. The van der Waals surface area contributed by atoms with Crippen LogP contribution in [0.15, 0.2) is 34.4 Å². The first kappa shape index (κ1) is 17.7. The largest absolute Gasteiger partial charge is 0.493 e. The molecule has 0 bridgehead atoms. The van der Waals surface area contributed by atoms with Crippen molar-refractivity contribution in [1.82, 2.24) is 9.66 Å². The van der Waals surface area contributed by atoms with Crippen LogP contribution in [0.1, 0.15) is 35.8 Å². The topological polar surface area (TPSA) is 65.7 Å². The van der Waals surface area contributed by atoms with Crippen LogP contribution >= 0.6 is 11.3 Å². The third-order valence-electron chi connectivity index (χ3n) is 4.68. The van der Waals surface area contributed by atoms with E-state index in [9.17, 15) is 4.79 Å². The van der Waals surface area contributed by atoms with Crippen molar-refractivity contribution in [3.8, 4) is 11.5 Å². The number of rotatable bonds is 5. The fourth-order valence-electron chi connectivity index (χ4n) is 3.39. The molecule has 7 heteroatoms. The quantitative estimate of drug-likeness (QED) is 0.631. The summed E-state index contributed by atoms with van der Waals surface area (Å²) in [5.74, 6) is 1.32. The molecule has 0 fully saturated rings. The number of hydrogen-bond donors (Lipinski definition) is 0. The summed E-state index contributed by atoms with van der Waals surface area (Å²) in [6.07, 6.45) is 7.44. The minimum atomic E-state index is -0.103. The van der Waals surface area contributed by atoms with Crippen LogP contribution in [0.2, 0.25) is 0 Å². The van der Waals surface area contributed by atoms with Crippen molar-refractivity contribution in [1.29, 1.82) is 0 Å². The minimum absolute atomic E-state index is 0.103. The summed E-state index contributed by atoms with van der Waals surface area (Å²) in [7, 11) is 1.60. The van der Waals surface area contributed by atoms with Gasteiger partial charge in [0.15, 0.2) is 11.5 Å². The molecule has 6 nitrogen and oxygen atoms in total. The van der Waals surface area contributed by atoms with Crippen LogP contribution in [0.4, 0.5) is 0 Å². The van der Waals surface area contributed by atoms with E-state index >= 15 is 0 Å². The van der Waals surface area contributed by atoms with Crippen LogP contribution in [-0.2, 0) is 12.8 Å². The van der Waals surface area contributed by atoms with Crippen LogP contribution in [-0.4, -0.2) is 29.6 Å². The molecule has 0 saturated carbocycles. The zero-order chi connectivity index (χ0) is 18.8. The second kappa shape index (κ2) is 7.52. The van der Waals surface area contributed by atoms with Gasteiger partial charge in [0, 0.05) is 4.88 Å². The number of ether oxygens (including phenoxy) is 2. The Bertz CT molecular complexity index is 1070. The highest BCUT2D eigenvalue weighted by molar-refractivity contribution is 7.18. The molecule has 0 radical (unpaired) electrons. The maximum absolute atomic E-state index is 12.9. The lowest BCUT2D eigenvalue weighted by molar-refractivity contribution is 0.311. The molecule has 2 heterocycles. The summed E-state index contributed by atoms with van der Waals surface area (Å²) in [6.45, 7) is 2.49. The number of aryl methyl sites for hydroxylation is 2. The van der Waals surface area contributed by atoms with Gasteiger partial charge in [0.2, 0.25) is 0 Å². The highest BCUT2D eigenvalue weighted by Crippen LogP contribution is 2.33. The molecular weight excluding hydrogens is 362 g/mol. The van der Waals surface area contributed by atoms with E-state index in [1.54, 1.807) is 24.7 Å². The Morgan fingerprint density at radius 3 is 2.96 bits per heavy atom. The molecule has 0 spiro atoms. The summed E-state index contributed by atoms with van der Waals surface area (Å²) < 4.78 is 12.2. The lowest BCUT2D eigenvalue weighted by atomic mass is 9.97. The number of methoxy groups -OCH3 is 1. The maximum Gasteiger partial charge on any atom is 0.282 e. The minimum Gasteiger partial charge on any atom is -0.493 e. The standard InChI is InChI=1S/C20H21N3O3S/c1-3-26-15-9-8-13(10-16(15)25-2)11-22-23-12-21-19-18(20(23)24)14-6-4-5-7-17(14)27-19/h8-12H,3-7H2,1-2H3/b22-11+. The summed E-state index contributed by atoms with van der Waals surface area (Å²) in [6, 6.07) is 5.54. The molecule has 4 rings (SSSR count). The van der Waals surface area contributed by atoms with E-state index in [0.29, 0.717) is 18.1 Å². The molecule has 1 aliphatic rings. The molecule has 3 aromatic rings. The van der Waals surface area contributed by atoms with E-state index in [4.69, 9.17) is 9.47 Å². The molecule has 0 saturated heterocycles. The first-order valence-corrected chi connectivity index (χ1v) is 9.90. The SMILES string of the molecule is CCOc1ccc(/C=N/n2cnc3sc4c(c3c2=O)CCCC4)cc1OC. The second-order valence-electron chi connectivity index (χ2n) is 6.37. The molecule has 0 aliphatic heterocycles. The lowest BCUT2D eigenvalue weighted by Gasteiger charge is -2.10. The molecular formula is C20H21N3O3S. The Kier molecular flexibility index (Phi) is 4.94. The predicted octanol–water partition coefficient (Wildman–Crippen LogP) is 3.63. The lowest BCUT2D eigenvalue weighted by Crippen LogP contribution is -2.18. The highest BCUT2D eigenvalue weighted by atomic mass is 32.1. The third kappa shape index (κ3) is 3.35. The maximum atomic E-state index is 12.9. The molecule has 0 amide bonds. The van der Waals surface area contributed by atoms with E-state index in [-0.39, 0.29) is 5.56 Å². The molecule has 27 heavy (non-hydrogen) atoms. The fourth-order valence-corrected chi connectivity index (χ4v) is 4.61. The van der Waals surface area contributed by atoms with E-state index in [1.165, 1.54) is 27.9 Å². The first-order chi connectivity index (χ1) is 13.2. The Morgan fingerprint density at radius 2 is 2.15 bits per heavy atom. The molecule has 1 aliphatic carbocycles. The number of thiophene rings is 1. The smallest absolute Gasteiger partial charge is 0.282 e. The van der Waals surface area contributed by atoms with Gasteiger partial charge in [-0.2, -0.15) is 9.78 Å². The van der Waals surface area contributed by atoms with Crippen LogP contribution in [0.25, 0.3) is 10.2 Å². The summed E-state index contributed by atoms with van der Waals surface area (Å²) in [4.78, 5) is 19.5. The monoisotopic (exact) mass is 383 g/mol. The molecule has 140 valence electrons. The van der Waals surface area contributed by atoms with Gasteiger partial charge in [-0.25, -0.2) is 4.98 Å². The average Bonchev–Trinajstić information content (AvgIpc) is 3.08. The van der Waals surface area contributed by atoms with Crippen molar-refractivity contribution < 1.29 is 9.47 Å². The Labute approximate surface area is 161 Å². The Hall–Kier alpha value is -2.67. The van der Waals surface area contributed by atoms with Gasteiger partial charge >= 0.3 is 0 Å². The zero-order valence-electron chi connectivity index (χ0n) is 15.4. The van der Waals surface area contributed by atoms with E-state index in [2.05, 4.69) is 10.1 Å². The number of hydrogen-bond acceptors (Lipinski definition) is 6. The number of benzene rings is 1. The first-order valence-electron chi connectivity index (χ1n) is 9.08. The average molecular weight is 383 g/mol. The molecule has 0 atom stereocenters. The van der Waals surface area contributed by atoms with Crippen molar-refractivity contribution in [2.75, 3.05) is 13.7 Å².